The van der Waals surface area contributed by atoms with Gasteiger partial charge in [-0.25, -0.2) is 0 Å². The Morgan fingerprint density at radius 2 is 2.05 bits per heavy atom. The van der Waals surface area contributed by atoms with Crippen LogP contribution in [0.2, 0.25) is 0 Å². The number of fused-ring (bicyclic) bond motifs is 1. The number of aliphatic hydroxyl groups is 1. The van der Waals surface area contributed by atoms with Gasteiger partial charge in [0.2, 0.25) is 0 Å². The summed E-state index contributed by atoms with van der Waals surface area (Å²) in [5.41, 5.74) is 0.609. The van der Waals surface area contributed by atoms with Gasteiger partial charge >= 0.3 is 0 Å². The van der Waals surface area contributed by atoms with Crippen LogP contribution >= 0.6 is 0 Å². The maximum Gasteiger partial charge on any atom is 0.281 e. The van der Waals surface area contributed by atoms with Gasteiger partial charge in [-0.1, -0.05) is 0 Å². The molecule has 0 saturated heterocycles. The standard InChI is InChI=1S/C14H15N5O3/c1-2-22-11-5-3-10(4-6-11)12-13(21)18(7-8-20)14-16-15-9-19(14)17-12/h3-6,9,20H,2,7-8H2,1H3. The minimum absolute atomic E-state index is 0.133. The van der Waals surface area contributed by atoms with Crippen molar-refractivity contribution in [3.05, 3.63) is 40.9 Å². The average Bonchev–Trinajstić information content (AvgIpc) is 2.99. The normalized spacial score (nSPS) is 11.0. The Hall–Kier alpha value is -2.74. The van der Waals surface area contributed by atoms with Gasteiger partial charge in [0.05, 0.1) is 19.8 Å². The SMILES string of the molecule is CCOc1ccc(-c2nn3cnnc3n(CCO)c2=O)cc1. The third kappa shape index (κ3) is 2.44. The Bertz CT molecular complexity index is 838. The number of ether oxygens (including phenoxy) is 1. The quantitative estimate of drug-likeness (QED) is 0.730. The van der Waals surface area contributed by atoms with Crippen molar-refractivity contribution in [2.45, 2.75) is 13.5 Å². The van der Waals surface area contributed by atoms with E-state index in [0.29, 0.717) is 17.9 Å². The molecule has 1 aromatic carbocycles. The second-order valence-electron chi connectivity index (χ2n) is 4.56. The lowest BCUT2D eigenvalue weighted by Crippen LogP contribution is -2.27. The Labute approximate surface area is 125 Å². The number of aromatic nitrogens is 5. The lowest BCUT2D eigenvalue weighted by Gasteiger charge is -2.08. The minimum Gasteiger partial charge on any atom is -0.494 e. The zero-order chi connectivity index (χ0) is 15.5. The summed E-state index contributed by atoms with van der Waals surface area (Å²) in [6.45, 7) is 2.44. The van der Waals surface area contributed by atoms with Gasteiger partial charge in [-0.15, -0.1) is 10.2 Å². The molecule has 3 rings (SSSR count). The van der Waals surface area contributed by atoms with Crippen LogP contribution in [0.4, 0.5) is 0 Å². The first-order valence-electron chi connectivity index (χ1n) is 6.89. The average molecular weight is 301 g/mol. The molecule has 2 heterocycles. The summed E-state index contributed by atoms with van der Waals surface area (Å²) in [6.07, 6.45) is 1.42. The van der Waals surface area contributed by atoms with Gasteiger partial charge in [0.25, 0.3) is 11.3 Å². The number of aliphatic hydroxyl groups excluding tert-OH is 1. The molecule has 2 aromatic heterocycles. The molecule has 0 unspecified atom stereocenters. The van der Waals surface area contributed by atoms with Crippen molar-refractivity contribution in [3.8, 4) is 17.0 Å². The van der Waals surface area contributed by atoms with Crippen LogP contribution in [0.1, 0.15) is 6.92 Å². The summed E-state index contributed by atoms with van der Waals surface area (Å²) in [5, 5.41) is 21.0. The third-order valence-electron chi connectivity index (χ3n) is 3.17. The maximum atomic E-state index is 12.6. The number of nitrogens with zero attached hydrogens (tertiary/aromatic N) is 5. The van der Waals surface area contributed by atoms with E-state index in [1.807, 2.05) is 6.92 Å². The molecular formula is C14H15N5O3. The second kappa shape index (κ2) is 5.94. The predicted octanol–water partition coefficient (Wildman–Crippen LogP) is 0.344. The molecule has 22 heavy (non-hydrogen) atoms. The fraction of sp³-hybridized carbons (Fsp3) is 0.286. The zero-order valence-electron chi connectivity index (χ0n) is 12.0. The van der Waals surface area contributed by atoms with E-state index in [2.05, 4.69) is 15.3 Å². The number of rotatable bonds is 5. The fourth-order valence-corrected chi connectivity index (χ4v) is 2.20. The Balaban J connectivity index is 2.13. The van der Waals surface area contributed by atoms with Crippen molar-refractivity contribution in [3.63, 3.8) is 0 Å². The third-order valence-corrected chi connectivity index (χ3v) is 3.17. The summed E-state index contributed by atoms with van der Waals surface area (Å²) < 4.78 is 8.16. The number of hydrogen-bond acceptors (Lipinski definition) is 6. The predicted molar refractivity (Wildman–Crippen MR) is 78.7 cm³/mol. The molecular weight excluding hydrogens is 286 g/mol. The monoisotopic (exact) mass is 301 g/mol. The lowest BCUT2D eigenvalue weighted by molar-refractivity contribution is 0.275. The van der Waals surface area contributed by atoms with Gasteiger partial charge in [0.15, 0.2) is 5.69 Å². The summed E-state index contributed by atoms with van der Waals surface area (Å²) >= 11 is 0. The highest BCUT2D eigenvalue weighted by molar-refractivity contribution is 5.59. The molecule has 0 aliphatic rings. The highest BCUT2D eigenvalue weighted by Gasteiger charge is 2.14. The van der Waals surface area contributed by atoms with Crippen LogP contribution in [0, 0.1) is 0 Å². The molecule has 8 nitrogen and oxygen atoms in total. The van der Waals surface area contributed by atoms with E-state index in [0.717, 1.165) is 5.75 Å². The molecule has 0 fully saturated rings. The summed E-state index contributed by atoms with van der Waals surface area (Å²) in [5.74, 6) is 1.03. The first-order chi connectivity index (χ1) is 10.7. The summed E-state index contributed by atoms with van der Waals surface area (Å²) in [4.78, 5) is 12.6. The molecule has 3 aromatic rings. The molecule has 0 spiro atoms. The molecule has 1 N–H and O–H groups in total. The van der Waals surface area contributed by atoms with Crippen molar-refractivity contribution >= 4 is 5.78 Å². The van der Waals surface area contributed by atoms with Crippen LogP contribution in [0.3, 0.4) is 0 Å². The van der Waals surface area contributed by atoms with Crippen LogP contribution in [0.15, 0.2) is 35.4 Å². The molecule has 0 atom stereocenters. The molecule has 0 bridgehead atoms. The summed E-state index contributed by atoms with van der Waals surface area (Å²) in [7, 11) is 0. The van der Waals surface area contributed by atoms with Gasteiger partial charge in [-0.05, 0) is 31.2 Å². The maximum absolute atomic E-state index is 12.6. The van der Waals surface area contributed by atoms with Gasteiger partial charge < -0.3 is 9.84 Å². The summed E-state index contributed by atoms with van der Waals surface area (Å²) in [6, 6.07) is 7.11. The molecule has 0 saturated carbocycles. The Morgan fingerprint density at radius 3 is 2.73 bits per heavy atom. The van der Waals surface area contributed by atoms with Crippen LogP contribution < -0.4 is 10.3 Å². The topological polar surface area (TPSA) is 94.5 Å². The highest BCUT2D eigenvalue weighted by atomic mass is 16.5. The lowest BCUT2D eigenvalue weighted by atomic mass is 10.1. The van der Waals surface area contributed by atoms with Crippen molar-refractivity contribution in [2.24, 2.45) is 0 Å². The molecule has 0 aliphatic heterocycles. The van der Waals surface area contributed by atoms with E-state index in [-0.39, 0.29) is 24.4 Å². The van der Waals surface area contributed by atoms with Crippen molar-refractivity contribution in [1.82, 2.24) is 24.4 Å². The van der Waals surface area contributed by atoms with E-state index >= 15 is 0 Å². The zero-order valence-corrected chi connectivity index (χ0v) is 12.0. The number of hydrogen-bond donors (Lipinski definition) is 1. The largest absolute Gasteiger partial charge is 0.494 e. The first kappa shape index (κ1) is 14.2. The van der Waals surface area contributed by atoms with Crippen LogP contribution in [-0.2, 0) is 6.54 Å². The van der Waals surface area contributed by atoms with Crippen LogP contribution in [0.5, 0.6) is 5.75 Å². The van der Waals surface area contributed by atoms with E-state index < -0.39 is 0 Å². The van der Waals surface area contributed by atoms with Crippen LogP contribution in [-0.4, -0.2) is 42.7 Å². The smallest absolute Gasteiger partial charge is 0.281 e. The first-order valence-corrected chi connectivity index (χ1v) is 6.89. The number of benzene rings is 1. The van der Waals surface area contributed by atoms with Crippen LogP contribution in [0.25, 0.3) is 17.0 Å². The Morgan fingerprint density at radius 1 is 1.27 bits per heavy atom. The van der Waals surface area contributed by atoms with E-state index in [9.17, 15) is 4.79 Å². The van der Waals surface area contributed by atoms with Crippen molar-refractivity contribution in [1.29, 1.82) is 0 Å². The van der Waals surface area contributed by atoms with Crippen molar-refractivity contribution < 1.29 is 9.84 Å². The van der Waals surface area contributed by atoms with Gasteiger partial charge in [-0.3, -0.25) is 9.36 Å². The highest BCUT2D eigenvalue weighted by Crippen LogP contribution is 2.18. The van der Waals surface area contributed by atoms with Gasteiger partial charge in [-0.2, -0.15) is 9.61 Å². The van der Waals surface area contributed by atoms with Crippen molar-refractivity contribution in [2.75, 3.05) is 13.2 Å². The van der Waals surface area contributed by atoms with E-state index in [1.165, 1.54) is 15.4 Å². The molecule has 114 valence electrons. The fourth-order valence-electron chi connectivity index (χ4n) is 2.20. The molecule has 0 aliphatic carbocycles. The molecule has 0 radical (unpaired) electrons. The van der Waals surface area contributed by atoms with Gasteiger partial charge in [0, 0.05) is 5.56 Å². The Kier molecular flexibility index (Phi) is 3.84. The van der Waals surface area contributed by atoms with E-state index in [1.54, 1.807) is 24.3 Å². The van der Waals surface area contributed by atoms with E-state index in [4.69, 9.17) is 9.84 Å². The molecule has 8 heteroatoms. The van der Waals surface area contributed by atoms with Gasteiger partial charge in [0.1, 0.15) is 12.1 Å². The minimum atomic E-state index is -0.321. The second-order valence-corrected chi connectivity index (χ2v) is 4.56. The molecule has 0 amide bonds.